The second kappa shape index (κ2) is 7.83. The van der Waals surface area contributed by atoms with Crippen molar-refractivity contribution in [1.29, 1.82) is 0 Å². The summed E-state index contributed by atoms with van der Waals surface area (Å²) >= 11 is 0. The highest BCUT2D eigenvalue weighted by molar-refractivity contribution is 5.61. The number of allylic oxidation sites excluding steroid dienone is 1. The Labute approximate surface area is 182 Å². The minimum absolute atomic E-state index is 0.0750. The van der Waals surface area contributed by atoms with E-state index in [0.717, 1.165) is 48.2 Å². The number of hydrogen-bond acceptors (Lipinski definition) is 2. The molecule has 0 radical (unpaired) electrons. The Bertz CT molecular complexity index is 1180. The quantitative estimate of drug-likeness (QED) is 0.590. The number of benzene rings is 2. The van der Waals surface area contributed by atoms with Crippen LogP contribution in [0.4, 0.5) is 4.39 Å². The van der Waals surface area contributed by atoms with Gasteiger partial charge in [0.15, 0.2) is 0 Å². The predicted octanol–water partition coefficient (Wildman–Crippen LogP) is 5.17. The van der Waals surface area contributed by atoms with E-state index in [0.29, 0.717) is 0 Å². The molecule has 1 aromatic heterocycles. The average molecular weight is 413 g/mol. The molecule has 1 heterocycles. The molecular formula is C27H25FN2O. The molecule has 3 nitrogen and oxygen atoms in total. The first-order valence-electron chi connectivity index (χ1n) is 10.8. The predicted molar refractivity (Wildman–Crippen MR) is 120 cm³/mol. The van der Waals surface area contributed by atoms with Gasteiger partial charge >= 0.3 is 0 Å². The van der Waals surface area contributed by atoms with Gasteiger partial charge in [-0.2, -0.15) is 5.10 Å². The average Bonchev–Trinajstić information content (AvgIpc) is 3.18. The van der Waals surface area contributed by atoms with Crippen LogP contribution < -0.4 is 0 Å². The van der Waals surface area contributed by atoms with Gasteiger partial charge in [0, 0.05) is 11.5 Å². The molecule has 0 bridgehead atoms. The van der Waals surface area contributed by atoms with Crippen molar-refractivity contribution in [3.05, 3.63) is 89.0 Å². The fourth-order valence-corrected chi connectivity index (χ4v) is 5.15. The molecule has 1 N–H and O–H groups in total. The molecule has 4 heteroatoms. The van der Waals surface area contributed by atoms with Gasteiger partial charge in [-0.1, -0.05) is 42.5 Å². The summed E-state index contributed by atoms with van der Waals surface area (Å²) in [5, 5.41) is 15.6. The van der Waals surface area contributed by atoms with Gasteiger partial charge in [0.1, 0.15) is 11.9 Å². The van der Waals surface area contributed by atoms with Crippen LogP contribution in [0, 0.1) is 29.0 Å². The van der Waals surface area contributed by atoms with Crippen molar-refractivity contribution < 1.29 is 9.50 Å². The van der Waals surface area contributed by atoms with Crippen LogP contribution in [0.25, 0.3) is 11.8 Å². The van der Waals surface area contributed by atoms with E-state index in [1.807, 2.05) is 41.2 Å². The summed E-state index contributed by atoms with van der Waals surface area (Å²) in [6, 6.07) is 16.2. The first-order valence-corrected chi connectivity index (χ1v) is 10.8. The topological polar surface area (TPSA) is 38.0 Å². The van der Waals surface area contributed by atoms with E-state index in [2.05, 4.69) is 29.9 Å². The maximum atomic E-state index is 13.4. The molecule has 2 aromatic carbocycles. The lowest BCUT2D eigenvalue weighted by Crippen LogP contribution is -2.42. The number of hydrogen-bond donors (Lipinski definition) is 1. The third-order valence-electron chi connectivity index (χ3n) is 6.86. The van der Waals surface area contributed by atoms with Gasteiger partial charge in [-0.15, -0.1) is 0 Å². The zero-order valence-corrected chi connectivity index (χ0v) is 17.6. The SMILES string of the molecule is C[C@]12Cc3cnn(-c4ccc(F)cc4)c3C=C1CCC[C@@H]2[C@@H](O)C#Cc1ccccc1. The Morgan fingerprint density at radius 1 is 1.16 bits per heavy atom. The smallest absolute Gasteiger partial charge is 0.123 e. The highest BCUT2D eigenvalue weighted by atomic mass is 19.1. The van der Waals surface area contributed by atoms with E-state index in [4.69, 9.17) is 0 Å². The fraction of sp³-hybridized carbons (Fsp3) is 0.296. The molecule has 2 aliphatic rings. The Kier molecular flexibility index (Phi) is 5.00. The number of halogens is 1. The maximum Gasteiger partial charge on any atom is 0.123 e. The minimum Gasteiger partial charge on any atom is -0.380 e. The van der Waals surface area contributed by atoms with Gasteiger partial charge in [0.2, 0.25) is 0 Å². The largest absolute Gasteiger partial charge is 0.380 e. The standard InChI is InChI=1S/C27H25FN2O/c1-27-17-20-18-29-30(23-13-11-22(28)12-14-23)25(20)16-21(27)8-5-9-24(27)26(31)15-10-19-6-3-2-4-7-19/h2-4,6-7,11-14,16,18,24,26,31H,5,8-9,17H2,1H3/t24-,26+,27+/m1/s1. The van der Waals surface area contributed by atoms with Gasteiger partial charge < -0.3 is 5.11 Å². The van der Waals surface area contributed by atoms with Gasteiger partial charge in [-0.05, 0) is 79.1 Å². The van der Waals surface area contributed by atoms with Crippen molar-refractivity contribution in [1.82, 2.24) is 9.78 Å². The second-order valence-corrected chi connectivity index (χ2v) is 8.79. The molecule has 3 aromatic rings. The summed E-state index contributed by atoms with van der Waals surface area (Å²) in [6.45, 7) is 2.26. The summed E-state index contributed by atoms with van der Waals surface area (Å²) in [7, 11) is 0. The first-order chi connectivity index (χ1) is 15.0. The Balaban J connectivity index is 1.46. The molecule has 3 atom stereocenters. The van der Waals surface area contributed by atoms with Crippen molar-refractivity contribution >= 4 is 6.08 Å². The minimum atomic E-state index is -0.678. The molecule has 0 amide bonds. The molecule has 31 heavy (non-hydrogen) atoms. The van der Waals surface area contributed by atoms with E-state index in [9.17, 15) is 9.50 Å². The van der Waals surface area contributed by atoms with Crippen LogP contribution in [0.1, 0.15) is 43.0 Å². The lowest BCUT2D eigenvalue weighted by atomic mass is 9.58. The van der Waals surface area contributed by atoms with Crippen LogP contribution in [0.15, 0.2) is 66.4 Å². The molecule has 0 saturated heterocycles. The summed E-state index contributed by atoms with van der Waals surface area (Å²) in [6.07, 6.45) is 7.30. The van der Waals surface area contributed by atoms with Crippen LogP contribution in [0.2, 0.25) is 0 Å². The zero-order chi connectivity index (χ0) is 21.4. The van der Waals surface area contributed by atoms with Crippen LogP contribution in [-0.4, -0.2) is 21.0 Å². The number of aromatic nitrogens is 2. The lowest BCUT2D eigenvalue weighted by molar-refractivity contribution is 0.0588. The van der Waals surface area contributed by atoms with Crippen LogP contribution in [0.5, 0.6) is 0 Å². The number of aliphatic hydroxyl groups is 1. The molecule has 1 fully saturated rings. The molecule has 5 rings (SSSR count). The first kappa shape index (κ1) is 19.8. The third kappa shape index (κ3) is 3.60. The molecular weight excluding hydrogens is 387 g/mol. The normalized spacial score (nSPS) is 23.1. The Morgan fingerprint density at radius 3 is 2.71 bits per heavy atom. The Morgan fingerprint density at radius 2 is 1.94 bits per heavy atom. The molecule has 0 spiro atoms. The monoisotopic (exact) mass is 412 g/mol. The van der Waals surface area contributed by atoms with E-state index >= 15 is 0 Å². The van der Waals surface area contributed by atoms with Crippen molar-refractivity contribution in [3.8, 4) is 17.5 Å². The lowest BCUT2D eigenvalue weighted by Gasteiger charge is -2.46. The van der Waals surface area contributed by atoms with Crippen molar-refractivity contribution in [3.63, 3.8) is 0 Å². The third-order valence-corrected chi connectivity index (χ3v) is 6.86. The summed E-state index contributed by atoms with van der Waals surface area (Å²) in [4.78, 5) is 0. The molecule has 2 aliphatic carbocycles. The molecule has 156 valence electrons. The fourth-order valence-electron chi connectivity index (χ4n) is 5.15. The van der Waals surface area contributed by atoms with E-state index < -0.39 is 6.10 Å². The number of aliphatic hydroxyl groups excluding tert-OH is 1. The van der Waals surface area contributed by atoms with Crippen LogP contribution in [0.3, 0.4) is 0 Å². The number of fused-ring (bicyclic) bond motifs is 2. The van der Waals surface area contributed by atoms with Gasteiger partial charge in [-0.3, -0.25) is 0 Å². The molecule has 1 saturated carbocycles. The summed E-state index contributed by atoms with van der Waals surface area (Å²) < 4.78 is 15.2. The second-order valence-electron chi connectivity index (χ2n) is 8.79. The van der Waals surface area contributed by atoms with Crippen molar-refractivity contribution in [2.45, 2.75) is 38.7 Å². The summed E-state index contributed by atoms with van der Waals surface area (Å²) in [5.74, 6) is 6.07. The van der Waals surface area contributed by atoms with Crippen LogP contribution >= 0.6 is 0 Å². The van der Waals surface area contributed by atoms with Crippen LogP contribution in [-0.2, 0) is 6.42 Å². The number of nitrogens with zero attached hydrogens (tertiary/aromatic N) is 2. The molecule has 0 aliphatic heterocycles. The zero-order valence-electron chi connectivity index (χ0n) is 17.6. The van der Waals surface area contributed by atoms with Gasteiger partial charge in [0.25, 0.3) is 0 Å². The van der Waals surface area contributed by atoms with E-state index in [1.54, 1.807) is 12.1 Å². The molecule has 0 unspecified atom stereocenters. The van der Waals surface area contributed by atoms with Gasteiger partial charge in [0.05, 0.1) is 17.6 Å². The van der Waals surface area contributed by atoms with E-state index in [-0.39, 0.29) is 17.2 Å². The van der Waals surface area contributed by atoms with Crippen molar-refractivity contribution in [2.75, 3.05) is 0 Å². The van der Waals surface area contributed by atoms with Crippen molar-refractivity contribution in [2.24, 2.45) is 11.3 Å². The van der Waals surface area contributed by atoms with Gasteiger partial charge in [-0.25, -0.2) is 9.07 Å². The highest BCUT2D eigenvalue weighted by Gasteiger charge is 2.45. The summed E-state index contributed by atoms with van der Waals surface area (Å²) in [5.41, 5.74) is 5.19. The highest BCUT2D eigenvalue weighted by Crippen LogP contribution is 2.52. The maximum absolute atomic E-state index is 13.4. The van der Waals surface area contributed by atoms with E-state index in [1.165, 1.54) is 17.7 Å². The Hall–Kier alpha value is -3.16. The number of rotatable bonds is 2.